The standard InChI is InChI=1S/C3H9BSi/c1-3-5(2)4/h3,5H,1,4H2,2H3. The van der Waals surface area contributed by atoms with Crippen molar-refractivity contribution in [1.29, 1.82) is 0 Å². The Labute approximate surface area is 35.8 Å². The van der Waals surface area contributed by atoms with Gasteiger partial charge in [0.15, 0.2) is 0 Å². The normalized spacial score (nSPS) is 13.8. The van der Waals surface area contributed by atoms with E-state index in [1.165, 1.54) is 0 Å². The molecule has 0 aliphatic carbocycles. The van der Waals surface area contributed by atoms with E-state index in [0.717, 1.165) is 0 Å². The highest BCUT2D eigenvalue weighted by Crippen LogP contribution is 1.66. The molecule has 1 atom stereocenters. The molecule has 0 aliphatic rings. The summed E-state index contributed by atoms with van der Waals surface area (Å²) in [7, 11) is 1.86. The lowest BCUT2D eigenvalue weighted by Crippen LogP contribution is -1.98. The number of rotatable bonds is 1. The highest BCUT2D eigenvalue weighted by molar-refractivity contribution is 7.05. The van der Waals surface area contributed by atoms with Crippen LogP contribution in [0.4, 0.5) is 0 Å². The smallest absolute Gasteiger partial charge is 0.0978 e. The molecule has 0 heterocycles. The van der Waals surface area contributed by atoms with Gasteiger partial charge in [-0.1, -0.05) is 6.55 Å². The predicted octanol–water partition coefficient (Wildman–Crippen LogP) is -0.302. The summed E-state index contributed by atoms with van der Waals surface area (Å²) in [6.45, 7) is 5.86. The summed E-state index contributed by atoms with van der Waals surface area (Å²) in [6.07, 6.45) is 0. The summed E-state index contributed by atoms with van der Waals surface area (Å²) in [5.74, 6) is 0. The van der Waals surface area contributed by atoms with Crippen LogP contribution in [-0.4, -0.2) is 16.1 Å². The minimum absolute atomic E-state index is 0.386. The zero-order valence-electron chi connectivity index (χ0n) is 3.86. The lowest BCUT2D eigenvalue weighted by atomic mass is 10.7. The maximum atomic E-state index is 3.62. The zero-order chi connectivity index (χ0) is 4.28. The first-order valence-corrected chi connectivity index (χ1v) is 4.87. The maximum absolute atomic E-state index is 3.62. The third-order valence-electron chi connectivity index (χ3n) is 0.471. The zero-order valence-corrected chi connectivity index (χ0v) is 5.02. The van der Waals surface area contributed by atoms with Gasteiger partial charge in [0.25, 0.3) is 0 Å². The maximum Gasteiger partial charge on any atom is 0.0978 e. The molecular weight excluding hydrogens is 74.9 g/mol. The molecule has 5 heavy (non-hydrogen) atoms. The molecule has 0 spiro atoms. The molecule has 0 aromatic heterocycles. The molecular formula is C3H9BSi. The van der Waals surface area contributed by atoms with Crippen LogP contribution >= 0.6 is 0 Å². The minimum atomic E-state index is -0.386. The predicted molar refractivity (Wildman–Crippen MR) is 31.8 cm³/mol. The van der Waals surface area contributed by atoms with Gasteiger partial charge in [-0.2, -0.15) is 0 Å². The van der Waals surface area contributed by atoms with Gasteiger partial charge >= 0.3 is 0 Å². The Morgan fingerprint density at radius 1 is 2.00 bits per heavy atom. The summed E-state index contributed by atoms with van der Waals surface area (Å²) in [4.78, 5) is 0. The molecule has 0 aliphatic heterocycles. The van der Waals surface area contributed by atoms with Gasteiger partial charge in [-0.3, -0.25) is 0 Å². The van der Waals surface area contributed by atoms with Crippen molar-refractivity contribution in [2.75, 3.05) is 0 Å². The molecule has 0 aromatic rings. The molecule has 0 saturated heterocycles. The molecule has 0 nitrogen and oxygen atoms in total. The molecule has 2 heteroatoms. The van der Waals surface area contributed by atoms with E-state index in [2.05, 4.69) is 26.3 Å². The molecule has 0 N–H and O–H groups in total. The van der Waals surface area contributed by atoms with Crippen LogP contribution in [0.15, 0.2) is 12.3 Å². The minimum Gasteiger partial charge on any atom is -0.113 e. The summed E-state index contributed by atoms with van der Waals surface area (Å²) >= 11 is 0. The van der Waals surface area contributed by atoms with Crippen molar-refractivity contribution >= 4 is 16.1 Å². The average Bonchev–Trinajstić information content (AvgIpc) is 1.38. The summed E-state index contributed by atoms with van der Waals surface area (Å²) in [6, 6.07) is 0. The highest BCUT2D eigenvalue weighted by atomic mass is 28.3. The van der Waals surface area contributed by atoms with Crippen LogP contribution in [0.2, 0.25) is 6.55 Å². The molecule has 0 saturated carbocycles. The Kier molecular flexibility index (Phi) is 2.28. The highest BCUT2D eigenvalue weighted by Gasteiger charge is 1.78. The van der Waals surface area contributed by atoms with Gasteiger partial charge in [-0.05, 0) is 0 Å². The molecule has 28 valence electrons. The fourth-order valence-corrected chi connectivity index (χ4v) is 0. The molecule has 0 aromatic carbocycles. The molecule has 0 radical (unpaired) electrons. The van der Waals surface area contributed by atoms with E-state index in [0.29, 0.717) is 0 Å². The second-order valence-electron chi connectivity index (χ2n) is 1.48. The van der Waals surface area contributed by atoms with Crippen molar-refractivity contribution in [3.8, 4) is 0 Å². The number of hydrogen-bond acceptors (Lipinski definition) is 0. The third-order valence-corrected chi connectivity index (χ3v) is 1.41. The van der Waals surface area contributed by atoms with Crippen molar-refractivity contribution in [3.63, 3.8) is 0 Å². The van der Waals surface area contributed by atoms with Crippen molar-refractivity contribution in [1.82, 2.24) is 0 Å². The molecule has 1 unspecified atom stereocenters. The van der Waals surface area contributed by atoms with Crippen LogP contribution < -0.4 is 0 Å². The van der Waals surface area contributed by atoms with E-state index in [9.17, 15) is 0 Å². The van der Waals surface area contributed by atoms with Crippen LogP contribution in [0.25, 0.3) is 0 Å². The van der Waals surface area contributed by atoms with Gasteiger partial charge in [0.1, 0.15) is 0 Å². The monoisotopic (exact) mass is 84.1 g/mol. The van der Waals surface area contributed by atoms with Crippen molar-refractivity contribution in [2.45, 2.75) is 6.55 Å². The van der Waals surface area contributed by atoms with Crippen molar-refractivity contribution < 1.29 is 0 Å². The fraction of sp³-hybridized carbons (Fsp3) is 0.333. The van der Waals surface area contributed by atoms with Gasteiger partial charge in [-0.15, -0.1) is 12.3 Å². The second kappa shape index (κ2) is 2.27. The van der Waals surface area contributed by atoms with Crippen LogP contribution in [0, 0.1) is 0 Å². The van der Waals surface area contributed by atoms with E-state index in [1.54, 1.807) is 0 Å². The topological polar surface area (TPSA) is 0 Å². The first-order valence-electron chi connectivity index (χ1n) is 1.90. The lowest BCUT2D eigenvalue weighted by molar-refractivity contribution is 2.23. The Hall–Kier alpha value is 0.0218. The summed E-state index contributed by atoms with van der Waals surface area (Å²) in [5.41, 5.74) is 2.06. The largest absolute Gasteiger partial charge is 0.113 e. The van der Waals surface area contributed by atoms with Gasteiger partial charge in [-0.25, -0.2) is 0 Å². The Morgan fingerprint density at radius 3 is 2.20 bits per heavy atom. The van der Waals surface area contributed by atoms with Crippen LogP contribution in [0.3, 0.4) is 0 Å². The van der Waals surface area contributed by atoms with E-state index in [4.69, 9.17) is 0 Å². The summed E-state index contributed by atoms with van der Waals surface area (Å²) < 4.78 is 0. The fourth-order valence-electron chi connectivity index (χ4n) is 0. The van der Waals surface area contributed by atoms with Crippen molar-refractivity contribution in [3.05, 3.63) is 12.3 Å². The van der Waals surface area contributed by atoms with Crippen LogP contribution in [-0.2, 0) is 0 Å². The van der Waals surface area contributed by atoms with E-state index < -0.39 is 0 Å². The van der Waals surface area contributed by atoms with E-state index >= 15 is 0 Å². The Balaban J connectivity index is 2.83. The Bertz CT molecular complexity index is 33.9. The van der Waals surface area contributed by atoms with Gasteiger partial charge in [0.2, 0.25) is 0 Å². The molecule has 0 bridgehead atoms. The molecule has 0 fully saturated rings. The second-order valence-corrected chi connectivity index (χ2v) is 4.44. The first kappa shape index (κ1) is 5.02. The third kappa shape index (κ3) is 4.02. The first-order chi connectivity index (χ1) is 2.27. The van der Waals surface area contributed by atoms with Gasteiger partial charge < -0.3 is 0 Å². The van der Waals surface area contributed by atoms with E-state index in [1.807, 2.05) is 0 Å². The average molecular weight is 84.0 g/mol. The van der Waals surface area contributed by atoms with Crippen LogP contribution in [0.1, 0.15) is 0 Å². The van der Waals surface area contributed by atoms with Gasteiger partial charge in [0, 0.05) is 8.67 Å². The van der Waals surface area contributed by atoms with Gasteiger partial charge in [0.05, 0.1) is 7.44 Å². The van der Waals surface area contributed by atoms with Crippen LogP contribution in [0.5, 0.6) is 0 Å². The SMILES string of the molecule is B[SiH](C)C=C. The molecule has 0 rings (SSSR count). The quantitative estimate of drug-likeness (QED) is 0.382. The number of hydrogen-bond donors (Lipinski definition) is 0. The molecule has 0 amide bonds. The Morgan fingerprint density at radius 2 is 2.20 bits per heavy atom. The summed E-state index contributed by atoms with van der Waals surface area (Å²) in [5, 5.41) is 0. The lowest BCUT2D eigenvalue weighted by Gasteiger charge is -1.80. The van der Waals surface area contributed by atoms with E-state index in [-0.39, 0.29) is 8.67 Å². The van der Waals surface area contributed by atoms with Crippen molar-refractivity contribution in [2.24, 2.45) is 0 Å².